The molecule has 0 unspecified atom stereocenters. The van der Waals surface area contributed by atoms with Crippen molar-refractivity contribution < 1.29 is 9.66 Å². The lowest BCUT2D eigenvalue weighted by Gasteiger charge is -2.28. The first kappa shape index (κ1) is 11.9. The van der Waals surface area contributed by atoms with Crippen molar-refractivity contribution in [3.63, 3.8) is 0 Å². The average molecular weight is 259 g/mol. The molecule has 0 atom stereocenters. The highest BCUT2D eigenvalue weighted by molar-refractivity contribution is 5.95. The number of hydrogen-bond acceptors (Lipinski definition) is 5. The van der Waals surface area contributed by atoms with Crippen molar-refractivity contribution in [1.29, 1.82) is 0 Å². The Morgan fingerprint density at radius 1 is 1.26 bits per heavy atom. The van der Waals surface area contributed by atoms with Crippen molar-refractivity contribution in [3.05, 3.63) is 40.6 Å². The van der Waals surface area contributed by atoms with Crippen LogP contribution in [0.25, 0.3) is 10.9 Å². The number of hydrogen-bond donors (Lipinski definition) is 0. The number of fused-ring (bicyclic) bond motifs is 1. The zero-order valence-corrected chi connectivity index (χ0v) is 10.3. The van der Waals surface area contributed by atoms with Crippen LogP contribution in [0, 0.1) is 10.1 Å². The summed E-state index contributed by atoms with van der Waals surface area (Å²) in [6.07, 6.45) is 1.66. The molecule has 1 aromatic heterocycles. The Morgan fingerprint density at radius 3 is 2.79 bits per heavy atom. The Kier molecular flexibility index (Phi) is 3.00. The molecule has 1 fully saturated rings. The van der Waals surface area contributed by atoms with E-state index in [1.165, 1.54) is 0 Å². The van der Waals surface area contributed by atoms with Gasteiger partial charge in [0.05, 0.1) is 18.1 Å². The predicted octanol–water partition coefficient (Wildman–Crippen LogP) is 1.98. The van der Waals surface area contributed by atoms with E-state index in [1.54, 1.807) is 18.3 Å². The minimum Gasteiger partial charge on any atom is -0.378 e. The lowest BCUT2D eigenvalue weighted by atomic mass is 10.1. The molecule has 6 nitrogen and oxygen atoms in total. The number of ether oxygens (including phenoxy) is 1. The third kappa shape index (κ3) is 2.10. The van der Waals surface area contributed by atoms with Gasteiger partial charge in [0, 0.05) is 30.7 Å². The lowest BCUT2D eigenvalue weighted by molar-refractivity contribution is -0.384. The maximum atomic E-state index is 11.2. The molecule has 1 aromatic carbocycles. The Bertz CT molecular complexity index is 624. The van der Waals surface area contributed by atoms with E-state index in [9.17, 15) is 10.1 Å². The smallest absolute Gasteiger partial charge is 0.294 e. The van der Waals surface area contributed by atoms with Gasteiger partial charge in [-0.2, -0.15) is 0 Å². The maximum Gasteiger partial charge on any atom is 0.294 e. The summed E-state index contributed by atoms with van der Waals surface area (Å²) in [6, 6.07) is 7.03. The van der Waals surface area contributed by atoms with Crippen LogP contribution in [0.4, 0.5) is 11.4 Å². The summed E-state index contributed by atoms with van der Waals surface area (Å²) in [5.41, 5.74) is 1.39. The minimum absolute atomic E-state index is 0.105. The summed E-state index contributed by atoms with van der Waals surface area (Å²) in [7, 11) is 0. The van der Waals surface area contributed by atoms with Crippen LogP contribution in [0.3, 0.4) is 0 Å². The molecule has 1 aliphatic rings. The topological polar surface area (TPSA) is 68.5 Å². The van der Waals surface area contributed by atoms with Crippen LogP contribution in [-0.4, -0.2) is 36.2 Å². The van der Waals surface area contributed by atoms with E-state index in [1.807, 2.05) is 17.0 Å². The van der Waals surface area contributed by atoms with Gasteiger partial charge < -0.3 is 9.64 Å². The molecular formula is C13H13N3O3. The van der Waals surface area contributed by atoms with Crippen LogP contribution in [0.1, 0.15) is 0 Å². The van der Waals surface area contributed by atoms with Gasteiger partial charge in [0.1, 0.15) is 11.2 Å². The van der Waals surface area contributed by atoms with Gasteiger partial charge in [-0.15, -0.1) is 0 Å². The summed E-state index contributed by atoms with van der Waals surface area (Å²) >= 11 is 0. The fraction of sp³-hybridized carbons (Fsp3) is 0.308. The van der Waals surface area contributed by atoms with E-state index < -0.39 is 0 Å². The van der Waals surface area contributed by atoms with Crippen LogP contribution in [-0.2, 0) is 4.74 Å². The Hall–Kier alpha value is -2.21. The molecule has 1 aliphatic heterocycles. The standard InChI is InChI=1S/C13H13N3O3/c17-16(18)11-4-3-10-2-1-5-14-12(10)13(11)15-6-8-19-9-7-15/h1-5H,6-9H2. The fourth-order valence-corrected chi connectivity index (χ4v) is 2.37. The zero-order chi connectivity index (χ0) is 13.2. The Morgan fingerprint density at radius 2 is 2.05 bits per heavy atom. The predicted molar refractivity (Wildman–Crippen MR) is 71.4 cm³/mol. The van der Waals surface area contributed by atoms with Crippen molar-refractivity contribution in [1.82, 2.24) is 4.98 Å². The highest BCUT2D eigenvalue weighted by Gasteiger charge is 2.24. The summed E-state index contributed by atoms with van der Waals surface area (Å²) in [4.78, 5) is 17.2. The number of rotatable bonds is 2. The Balaban J connectivity index is 2.21. The number of aromatic nitrogens is 1. The molecular weight excluding hydrogens is 246 g/mol. The number of pyridine rings is 1. The molecule has 0 spiro atoms. The SMILES string of the molecule is O=[N+]([O-])c1ccc2cccnc2c1N1CCOCC1. The van der Waals surface area contributed by atoms with Gasteiger partial charge in [0.2, 0.25) is 0 Å². The molecule has 98 valence electrons. The van der Waals surface area contributed by atoms with E-state index in [4.69, 9.17) is 4.74 Å². The largest absolute Gasteiger partial charge is 0.378 e. The van der Waals surface area contributed by atoms with Gasteiger partial charge in [-0.1, -0.05) is 6.07 Å². The van der Waals surface area contributed by atoms with Gasteiger partial charge in [-0.25, -0.2) is 0 Å². The molecule has 0 saturated carbocycles. The highest BCUT2D eigenvalue weighted by Crippen LogP contribution is 2.35. The third-order valence-corrected chi connectivity index (χ3v) is 3.25. The first-order valence-electron chi connectivity index (χ1n) is 6.12. The zero-order valence-electron chi connectivity index (χ0n) is 10.3. The number of nitro groups is 1. The van der Waals surface area contributed by atoms with Crippen LogP contribution < -0.4 is 4.90 Å². The van der Waals surface area contributed by atoms with Crippen molar-refractivity contribution in [2.75, 3.05) is 31.2 Å². The summed E-state index contributed by atoms with van der Waals surface area (Å²) in [6.45, 7) is 2.47. The molecule has 19 heavy (non-hydrogen) atoms. The first-order chi connectivity index (χ1) is 9.27. The van der Waals surface area contributed by atoms with Crippen molar-refractivity contribution in [2.24, 2.45) is 0 Å². The number of anilines is 1. The van der Waals surface area contributed by atoms with Gasteiger partial charge in [-0.05, 0) is 12.1 Å². The molecule has 0 bridgehead atoms. The first-order valence-corrected chi connectivity index (χ1v) is 6.12. The van der Waals surface area contributed by atoms with Crippen molar-refractivity contribution >= 4 is 22.3 Å². The van der Waals surface area contributed by atoms with E-state index in [-0.39, 0.29) is 10.6 Å². The number of benzene rings is 1. The van der Waals surface area contributed by atoms with Gasteiger partial charge >= 0.3 is 0 Å². The molecule has 0 N–H and O–H groups in total. The van der Waals surface area contributed by atoms with Crippen LogP contribution in [0.2, 0.25) is 0 Å². The minimum atomic E-state index is -0.348. The second kappa shape index (κ2) is 4.81. The average Bonchev–Trinajstić information content (AvgIpc) is 2.46. The Labute approximate surface area is 109 Å². The number of nitrogens with zero attached hydrogens (tertiary/aromatic N) is 3. The molecule has 1 saturated heterocycles. The fourth-order valence-electron chi connectivity index (χ4n) is 2.37. The molecule has 3 rings (SSSR count). The number of morpholine rings is 1. The van der Waals surface area contributed by atoms with Crippen LogP contribution in [0.15, 0.2) is 30.5 Å². The van der Waals surface area contributed by atoms with Crippen LogP contribution in [0.5, 0.6) is 0 Å². The molecule has 0 amide bonds. The maximum absolute atomic E-state index is 11.2. The van der Waals surface area contributed by atoms with Crippen molar-refractivity contribution in [3.8, 4) is 0 Å². The van der Waals surface area contributed by atoms with Crippen LogP contribution >= 0.6 is 0 Å². The van der Waals surface area contributed by atoms with E-state index >= 15 is 0 Å². The summed E-state index contributed by atoms with van der Waals surface area (Å²) < 4.78 is 5.30. The molecule has 6 heteroatoms. The highest BCUT2D eigenvalue weighted by atomic mass is 16.6. The molecule has 2 aromatic rings. The summed E-state index contributed by atoms with van der Waals surface area (Å²) in [5.74, 6) is 0. The van der Waals surface area contributed by atoms with E-state index in [0.29, 0.717) is 37.5 Å². The monoisotopic (exact) mass is 259 g/mol. The molecule has 0 aliphatic carbocycles. The van der Waals surface area contributed by atoms with Gasteiger partial charge in [0.25, 0.3) is 5.69 Å². The van der Waals surface area contributed by atoms with E-state index in [0.717, 1.165) is 5.39 Å². The quantitative estimate of drug-likeness (QED) is 0.609. The molecule has 0 radical (unpaired) electrons. The second-order valence-corrected chi connectivity index (χ2v) is 4.36. The van der Waals surface area contributed by atoms with Gasteiger partial charge in [-0.3, -0.25) is 15.1 Å². The summed E-state index contributed by atoms with van der Waals surface area (Å²) in [5, 5.41) is 12.1. The van der Waals surface area contributed by atoms with E-state index in [2.05, 4.69) is 4.98 Å². The second-order valence-electron chi connectivity index (χ2n) is 4.36. The molecule has 2 heterocycles. The lowest BCUT2D eigenvalue weighted by Crippen LogP contribution is -2.36. The normalized spacial score (nSPS) is 15.7. The number of nitro benzene ring substituents is 1. The van der Waals surface area contributed by atoms with Gasteiger partial charge in [0.15, 0.2) is 0 Å². The third-order valence-electron chi connectivity index (χ3n) is 3.25. The van der Waals surface area contributed by atoms with Crippen molar-refractivity contribution in [2.45, 2.75) is 0 Å².